The van der Waals surface area contributed by atoms with Crippen LogP contribution >= 0.6 is 11.6 Å². The molecule has 1 aromatic heterocycles. The van der Waals surface area contributed by atoms with Crippen LogP contribution in [-0.2, 0) is 0 Å². The molecule has 0 saturated carbocycles. The van der Waals surface area contributed by atoms with Crippen LogP contribution in [0.25, 0.3) is 11.0 Å². The van der Waals surface area contributed by atoms with Crippen molar-refractivity contribution in [2.24, 2.45) is 0 Å². The molecule has 30 heavy (non-hydrogen) atoms. The van der Waals surface area contributed by atoms with Gasteiger partial charge in [0.1, 0.15) is 11.8 Å². The van der Waals surface area contributed by atoms with Crippen molar-refractivity contribution < 1.29 is 13.6 Å². The SMILES string of the molecule is C=C/C=C(Cl)\C(F)=C(/C)NC(=O)c1coc2ccc(N3CC(C)N(C)C(C)C3)cc12. The number of likely N-dealkylation sites (N-methyl/N-ethyl adjacent to an activating group) is 1. The monoisotopic (exact) mass is 431 g/mol. The Morgan fingerprint density at radius 1 is 1.33 bits per heavy atom. The molecule has 0 radical (unpaired) electrons. The Bertz CT molecular complexity index is 1010. The zero-order valence-electron chi connectivity index (χ0n) is 17.7. The number of hydrogen-bond acceptors (Lipinski definition) is 4. The first-order chi connectivity index (χ1) is 14.2. The van der Waals surface area contributed by atoms with Crippen LogP contribution in [0, 0.1) is 0 Å². The van der Waals surface area contributed by atoms with Crippen molar-refractivity contribution in [3.8, 4) is 0 Å². The Balaban J connectivity index is 1.88. The summed E-state index contributed by atoms with van der Waals surface area (Å²) >= 11 is 5.85. The van der Waals surface area contributed by atoms with Gasteiger partial charge in [0.15, 0.2) is 5.83 Å². The number of fused-ring (bicyclic) bond motifs is 1. The highest BCUT2D eigenvalue weighted by Gasteiger charge is 2.27. The second-order valence-corrected chi connectivity index (χ2v) is 8.15. The fraction of sp³-hybridized carbons (Fsp3) is 0.348. The van der Waals surface area contributed by atoms with Crippen molar-refractivity contribution in [2.45, 2.75) is 32.9 Å². The Hall–Kier alpha value is -2.57. The lowest BCUT2D eigenvalue weighted by Crippen LogP contribution is -2.55. The van der Waals surface area contributed by atoms with Crippen LogP contribution in [0.15, 0.2) is 64.2 Å². The van der Waals surface area contributed by atoms with E-state index in [1.807, 2.05) is 18.2 Å². The lowest BCUT2D eigenvalue weighted by molar-refractivity contribution is 0.0965. The molecule has 1 aliphatic rings. The molecule has 160 valence electrons. The number of rotatable bonds is 5. The number of allylic oxidation sites excluding steroid dienone is 5. The molecule has 1 aliphatic heterocycles. The Morgan fingerprint density at radius 2 is 2.00 bits per heavy atom. The third kappa shape index (κ3) is 4.45. The molecular formula is C23H27ClFN3O2. The largest absolute Gasteiger partial charge is 0.463 e. The summed E-state index contributed by atoms with van der Waals surface area (Å²) in [5.74, 6) is -1.17. The molecule has 0 spiro atoms. The number of piperazine rings is 1. The van der Waals surface area contributed by atoms with Crippen molar-refractivity contribution in [3.05, 3.63) is 65.3 Å². The summed E-state index contributed by atoms with van der Waals surface area (Å²) < 4.78 is 19.8. The van der Waals surface area contributed by atoms with Crippen LogP contribution in [-0.4, -0.2) is 43.0 Å². The minimum Gasteiger partial charge on any atom is -0.463 e. The first-order valence-corrected chi connectivity index (χ1v) is 10.2. The summed E-state index contributed by atoms with van der Waals surface area (Å²) in [5.41, 5.74) is 2.00. The number of benzene rings is 1. The Morgan fingerprint density at radius 3 is 2.63 bits per heavy atom. The smallest absolute Gasteiger partial charge is 0.259 e. The van der Waals surface area contributed by atoms with E-state index >= 15 is 0 Å². The van der Waals surface area contributed by atoms with Gasteiger partial charge in [0.2, 0.25) is 0 Å². The van der Waals surface area contributed by atoms with Crippen LogP contribution in [0.5, 0.6) is 0 Å². The fourth-order valence-electron chi connectivity index (χ4n) is 3.65. The fourth-order valence-corrected chi connectivity index (χ4v) is 3.88. The highest BCUT2D eigenvalue weighted by molar-refractivity contribution is 6.31. The number of carbonyl (C=O) groups excluding carboxylic acids is 1. The summed E-state index contributed by atoms with van der Waals surface area (Å²) in [6.07, 6.45) is 4.09. The van der Waals surface area contributed by atoms with Gasteiger partial charge in [0, 0.05) is 36.2 Å². The minimum atomic E-state index is -0.709. The Kier molecular flexibility index (Phi) is 6.68. The molecule has 7 heteroatoms. The Labute approximate surface area is 181 Å². The molecule has 5 nitrogen and oxygen atoms in total. The van der Waals surface area contributed by atoms with Gasteiger partial charge < -0.3 is 14.6 Å². The van der Waals surface area contributed by atoms with Crippen LogP contribution in [0.1, 0.15) is 31.1 Å². The molecule has 1 fully saturated rings. The molecule has 1 amide bonds. The first-order valence-electron chi connectivity index (χ1n) is 9.87. The second-order valence-electron chi connectivity index (χ2n) is 7.74. The van der Waals surface area contributed by atoms with E-state index in [0.29, 0.717) is 28.6 Å². The quantitative estimate of drug-likeness (QED) is 0.661. The van der Waals surface area contributed by atoms with E-state index in [4.69, 9.17) is 16.0 Å². The maximum Gasteiger partial charge on any atom is 0.259 e. The molecule has 0 aliphatic carbocycles. The lowest BCUT2D eigenvalue weighted by Gasteiger charge is -2.43. The standard InChI is InChI=1S/C23H27ClFN3O2/c1-6-7-20(24)22(25)16(4)26-23(29)19-13-30-21-9-8-17(10-18(19)21)28-11-14(2)27(5)15(3)12-28/h6-10,13-15H,1,11-12H2,2-5H3,(H,26,29)/b20-7+,22-16-. The topological polar surface area (TPSA) is 48.7 Å². The van der Waals surface area contributed by atoms with Gasteiger partial charge in [-0.1, -0.05) is 24.3 Å². The number of halogens is 2. The average molecular weight is 432 g/mol. The van der Waals surface area contributed by atoms with Gasteiger partial charge in [-0.2, -0.15) is 0 Å². The van der Waals surface area contributed by atoms with Crippen LogP contribution in [0.3, 0.4) is 0 Å². The molecule has 0 bridgehead atoms. The molecule has 2 atom stereocenters. The average Bonchev–Trinajstić information content (AvgIpc) is 3.14. The third-order valence-corrected chi connectivity index (χ3v) is 5.92. The molecule has 1 N–H and O–H groups in total. The van der Waals surface area contributed by atoms with Crippen molar-refractivity contribution in [1.82, 2.24) is 10.2 Å². The van der Waals surface area contributed by atoms with Crippen LogP contribution in [0.2, 0.25) is 0 Å². The maximum absolute atomic E-state index is 14.3. The maximum atomic E-state index is 14.3. The molecular weight excluding hydrogens is 405 g/mol. The van der Waals surface area contributed by atoms with Crippen molar-refractivity contribution in [3.63, 3.8) is 0 Å². The number of carbonyl (C=O) groups is 1. The van der Waals surface area contributed by atoms with Gasteiger partial charge in [-0.15, -0.1) is 0 Å². The number of hydrogen-bond donors (Lipinski definition) is 1. The summed E-state index contributed by atoms with van der Waals surface area (Å²) in [6.45, 7) is 11.1. The van der Waals surface area contributed by atoms with Gasteiger partial charge in [-0.3, -0.25) is 9.69 Å². The summed E-state index contributed by atoms with van der Waals surface area (Å²) in [4.78, 5) is 17.5. The summed E-state index contributed by atoms with van der Waals surface area (Å²) in [5, 5.41) is 3.12. The second kappa shape index (κ2) is 9.06. The van der Waals surface area contributed by atoms with Crippen molar-refractivity contribution in [1.29, 1.82) is 0 Å². The highest BCUT2D eigenvalue weighted by Crippen LogP contribution is 2.29. The molecule has 2 aromatic rings. The van der Waals surface area contributed by atoms with Gasteiger partial charge in [-0.25, -0.2) is 4.39 Å². The van der Waals surface area contributed by atoms with Gasteiger partial charge in [-0.05, 0) is 52.1 Å². The lowest BCUT2D eigenvalue weighted by atomic mass is 10.1. The van der Waals surface area contributed by atoms with E-state index in [1.54, 1.807) is 0 Å². The van der Waals surface area contributed by atoms with Crippen molar-refractivity contribution in [2.75, 3.05) is 25.0 Å². The zero-order valence-corrected chi connectivity index (χ0v) is 18.5. The van der Waals surface area contributed by atoms with E-state index in [2.05, 4.69) is 42.6 Å². The van der Waals surface area contributed by atoms with Crippen LogP contribution < -0.4 is 10.2 Å². The van der Waals surface area contributed by atoms with Gasteiger partial charge in [0.05, 0.1) is 16.3 Å². The van der Waals surface area contributed by atoms with Gasteiger partial charge in [0.25, 0.3) is 5.91 Å². The predicted molar refractivity (Wildman–Crippen MR) is 121 cm³/mol. The minimum absolute atomic E-state index is 0.0234. The van der Waals surface area contributed by atoms with E-state index in [0.717, 1.165) is 18.8 Å². The predicted octanol–water partition coefficient (Wildman–Crippen LogP) is 5.20. The van der Waals surface area contributed by atoms with Gasteiger partial charge >= 0.3 is 0 Å². The normalized spacial score (nSPS) is 21.5. The van der Waals surface area contributed by atoms with E-state index in [-0.39, 0.29) is 10.7 Å². The van der Waals surface area contributed by atoms with E-state index < -0.39 is 11.7 Å². The zero-order chi connectivity index (χ0) is 22.0. The number of nitrogens with zero attached hydrogens (tertiary/aromatic N) is 2. The molecule has 1 aromatic carbocycles. The number of anilines is 1. The molecule has 2 heterocycles. The number of amides is 1. The molecule has 3 rings (SSSR count). The molecule has 2 unspecified atom stereocenters. The highest BCUT2D eigenvalue weighted by atomic mass is 35.5. The summed E-state index contributed by atoms with van der Waals surface area (Å²) in [6, 6.07) is 6.66. The third-order valence-electron chi connectivity index (χ3n) is 5.63. The summed E-state index contributed by atoms with van der Waals surface area (Å²) in [7, 11) is 2.14. The number of nitrogens with one attached hydrogen (secondary N) is 1. The molecule has 1 saturated heterocycles. The van der Waals surface area contributed by atoms with Crippen molar-refractivity contribution >= 4 is 34.2 Å². The van der Waals surface area contributed by atoms with E-state index in [1.165, 1.54) is 25.3 Å². The van der Waals surface area contributed by atoms with E-state index in [9.17, 15) is 9.18 Å². The van der Waals surface area contributed by atoms with Crippen LogP contribution in [0.4, 0.5) is 10.1 Å². The number of furan rings is 1. The first kappa shape index (κ1) is 22.1.